The molecule has 88 valence electrons. The van der Waals surface area contributed by atoms with Crippen molar-refractivity contribution >= 4 is 12.0 Å². The molecule has 2 amide bonds. The second-order valence-corrected chi connectivity index (χ2v) is 4.09. The molecule has 0 atom stereocenters. The van der Waals surface area contributed by atoms with E-state index in [4.69, 9.17) is 15.6 Å². The number of primary amides is 1. The molecule has 0 bridgehead atoms. The van der Waals surface area contributed by atoms with Crippen molar-refractivity contribution in [3.05, 3.63) is 0 Å². The molecule has 0 spiro atoms. The Balaban J connectivity index is 4.35. The van der Waals surface area contributed by atoms with Crippen molar-refractivity contribution in [1.82, 2.24) is 4.90 Å². The second kappa shape index (κ2) is 5.55. The Bertz CT molecular complexity index is 235. The first kappa shape index (κ1) is 13.7. The fraction of sp³-hybridized carbons (Fsp3) is 0.778. The molecule has 6 heteroatoms. The maximum atomic E-state index is 11.5. The van der Waals surface area contributed by atoms with Crippen LogP contribution in [0.3, 0.4) is 0 Å². The number of nitrogens with two attached hydrogens (primary N) is 1. The average Bonchev–Trinajstić information content (AvgIpc) is 1.99. The van der Waals surface area contributed by atoms with Crippen molar-refractivity contribution in [3.8, 4) is 0 Å². The number of hydrogen-bond donors (Lipinski definition) is 2. The van der Waals surface area contributed by atoms with Gasteiger partial charge in [0, 0.05) is 6.54 Å². The van der Waals surface area contributed by atoms with E-state index in [1.54, 1.807) is 20.8 Å². The normalized spacial score (nSPS) is 10.9. The van der Waals surface area contributed by atoms with Crippen LogP contribution in [-0.4, -0.2) is 47.3 Å². The summed E-state index contributed by atoms with van der Waals surface area (Å²) in [5.41, 5.74) is 4.32. The van der Waals surface area contributed by atoms with Crippen LogP contribution in [-0.2, 0) is 9.53 Å². The number of nitrogens with zero attached hydrogens (tertiary/aromatic N) is 1. The van der Waals surface area contributed by atoms with E-state index >= 15 is 0 Å². The van der Waals surface area contributed by atoms with E-state index in [-0.39, 0.29) is 19.7 Å². The van der Waals surface area contributed by atoms with Gasteiger partial charge < -0.3 is 15.6 Å². The summed E-state index contributed by atoms with van der Waals surface area (Å²) in [5, 5.41) is 8.70. The smallest absolute Gasteiger partial charge is 0.410 e. The fourth-order valence-electron chi connectivity index (χ4n) is 0.870. The van der Waals surface area contributed by atoms with Gasteiger partial charge in [-0.15, -0.1) is 0 Å². The molecule has 0 aromatic heterocycles. The number of carbonyl (C=O) groups excluding carboxylic acids is 2. The van der Waals surface area contributed by atoms with Gasteiger partial charge in [-0.1, -0.05) is 0 Å². The summed E-state index contributed by atoms with van der Waals surface area (Å²) in [6.45, 7) is 4.67. The quantitative estimate of drug-likeness (QED) is 0.677. The van der Waals surface area contributed by atoms with Crippen molar-refractivity contribution < 1.29 is 19.4 Å². The Kier molecular flexibility index (Phi) is 5.07. The van der Waals surface area contributed by atoms with Crippen LogP contribution in [0.1, 0.15) is 20.8 Å². The average molecular weight is 218 g/mol. The molecule has 6 nitrogen and oxygen atoms in total. The lowest BCUT2D eigenvalue weighted by molar-refractivity contribution is -0.119. The number of rotatable bonds is 4. The highest BCUT2D eigenvalue weighted by Gasteiger charge is 2.22. The molecule has 0 aromatic rings. The zero-order valence-electron chi connectivity index (χ0n) is 9.32. The SMILES string of the molecule is CC(C)(C)OC(=O)N(CCO)CC(N)=O. The highest BCUT2D eigenvalue weighted by atomic mass is 16.6. The van der Waals surface area contributed by atoms with Crippen LogP contribution in [0.25, 0.3) is 0 Å². The lowest BCUT2D eigenvalue weighted by Gasteiger charge is -2.26. The highest BCUT2D eigenvalue weighted by molar-refractivity contribution is 5.80. The molecule has 0 aliphatic rings. The molecule has 15 heavy (non-hydrogen) atoms. The number of amides is 2. The predicted molar refractivity (Wildman–Crippen MR) is 54.1 cm³/mol. The minimum Gasteiger partial charge on any atom is -0.444 e. The van der Waals surface area contributed by atoms with Crippen molar-refractivity contribution in [2.24, 2.45) is 5.73 Å². The van der Waals surface area contributed by atoms with Gasteiger partial charge in [-0.05, 0) is 20.8 Å². The molecule has 3 N–H and O–H groups in total. The molecular formula is C9H18N2O4. The standard InChI is InChI=1S/C9H18N2O4/c1-9(2,3)15-8(14)11(4-5-12)6-7(10)13/h12H,4-6H2,1-3H3,(H2,10,13). The Morgan fingerprint density at radius 3 is 2.27 bits per heavy atom. The molecule has 0 aliphatic carbocycles. The molecule has 0 unspecified atom stereocenters. The summed E-state index contributed by atoms with van der Waals surface area (Å²) in [7, 11) is 0. The zero-order valence-corrected chi connectivity index (χ0v) is 9.32. The second-order valence-electron chi connectivity index (χ2n) is 4.09. The fourth-order valence-corrected chi connectivity index (χ4v) is 0.870. The van der Waals surface area contributed by atoms with E-state index in [0.717, 1.165) is 4.90 Å². The van der Waals surface area contributed by atoms with Gasteiger partial charge in [-0.2, -0.15) is 0 Å². The van der Waals surface area contributed by atoms with Crippen LogP contribution in [0, 0.1) is 0 Å². The van der Waals surface area contributed by atoms with Crippen molar-refractivity contribution in [1.29, 1.82) is 0 Å². The van der Waals surface area contributed by atoms with Gasteiger partial charge in [0.15, 0.2) is 0 Å². The first-order valence-corrected chi connectivity index (χ1v) is 4.63. The Hall–Kier alpha value is -1.30. The van der Waals surface area contributed by atoms with Crippen LogP contribution >= 0.6 is 0 Å². The first-order chi connectivity index (χ1) is 6.76. The number of ether oxygens (including phenoxy) is 1. The number of carbonyl (C=O) groups is 2. The van der Waals surface area contributed by atoms with Gasteiger partial charge in [0.25, 0.3) is 0 Å². The van der Waals surface area contributed by atoms with Gasteiger partial charge in [-0.25, -0.2) is 4.79 Å². The van der Waals surface area contributed by atoms with Crippen LogP contribution in [0.5, 0.6) is 0 Å². The van der Waals surface area contributed by atoms with Crippen molar-refractivity contribution in [2.45, 2.75) is 26.4 Å². The Labute approximate surface area is 89.0 Å². The molecular weight excluding hydrogens is 200 g/mol. The summed E-state index contributed by atoms with van der Waals surface area (Å²) >= 11 is 0. The summed E-state index contributed by atoms with van der Waals surface area (Å²) < 4.78 is 5.02. The summed E-state index contributed by atoms with van der Waals surface area (Å²) in [5.74, 6) is -0.644. The molecule has 0 saturated carbocycles. The number of hydrogen-bond acceptors (Lipinski definition) is 4. The lowest BCUT2D eigenvalue weighted by atomic mass is 10.2. The number of aliphatic hydroxyl groups excluding tert-OH is 1. The van der Waals surface area contributed by atoms with Crippen molar-refractivity contribution in [2.75, 3.05) is 19.7 Å². The first-order valence-electron chi connectivity index (χ1n) is 4.63. The van der Waals surface area contributed by atoms with Crippen LogP contribution in [0.4, 0.5) is 4.79 Å². The van der Waals surface area contributed by atoms with E-state index in [9.17, 15) is 9.59 Å². The summed E-state index contributed by atoms with van der Waals surface area (Å²) in [6.07, 6.45) is -0.657. The van der Waals surface area contributed by atoms with Crippen LogP contribution < -0.4 is 5.73 Å². The van der Waals surface area contributed by atoms with Gasteiger partial charge in [0.2, 0.25) is 5.91 Å². The molecule has 0 radical (unpaired) electrons. The maximum absolute atomic E-state index is 11.5. The number of aliphatic hydroxyl groups is 1. The summed E-state index contributed by atoms with van der Waals surface area (Å²) in [4.78, 5) is 23.2. The van der Waals surface area contributed by atoms with Gasteiger partial charge >= 0.3 is 6.09 Å². The Morgan fingerprint density at radius 2 is 1.93 bits per heavy atom. The maximum Gasteiger partial charge on any atom is 0.410 e. The molecule has 0 heterocycles. The Morgan fingerprint density at radius 1 is 1.40 bits per heavy atom. The zero-order chi connectivity index (χ0) is 12.1. The van der Waals surface area contributed by atoms with Crippen LogP contribution in [0.15, 0.2) is 0 Å². The van der Waals surface area contributed by atoms with Gasteiger partial charge in [0.1, 0.15) is 12.1 Å². The molecule has 0 fully saturated rings. The van der Waals surface area contributed by atoms with Gasteiger partial charge in [-0.3, -0.25) is 9.69 Å². The molecule has 0 aliphatic heterocycles. The lowest BCUT2D eigenvalue weighted by Crippen LogP contribution is -2.43. The molecule has 0 rings (SSSR count). The summed E-state index contributed by atoms with van der Waals surface area (Å²) in [6, 6.07) is 0. The third kappa shape index (κ3) is 6.73. The van der Waals surface area contributed by atoms with E-state index in [2.05, 4.69) is 0 Å². The van der Waals surface area contributed by atoms with E-state index < -0.39 is 17.6 Å². The van der Waals surface area contributed by atoms with Crippen molar-refractivity contribution in [3.63, 3.8) is 0 Å². The largest absolute Gasteiger partial charge is 0.444 e. The minimum absolute atomic E-state index is 0.0256. The highest BCUT2D eigenvalue weighted by Crippen LogP contribution is 2.09. The van der Waals surface area contributed by atoms with E-state index in [0.29, 0.717) is 0 Å². The molecule has 0 saturated heterocycles. The van der Waals surface area contributed by atoms with E-state index in [1.165, 1.54) is 0 Å². The van der Waals surface area contributed by atoms with Crippen LogP contribution in [0.2, 0.25) is 0 Å². The monoisotopic (exact) mass is 218 g/mol. The van der Waals surface area contributed by atoms with Gasteiger partial charge in [0.05, 0.1) is 6.61 Å². The minimum atomic E-state index is -0.657. The third-order valence-corrected chi connectivity index (χ3v) is 1.37. The molecule has 0 aromatic carbocycles. The third-order valence-electron chi connectivity index (χ3n) is 1.37. The van der Waals surface area contributed by atoms with E-state index in [1.807, 2.05) is 0 Å². The predicted octanol–water partition coefficient (Wildman–Crippen LogP) is -0.299. The topological polar surface area (TPSA) is 92.9 Å².